The Morgan fingerprint density at radius 2 is 1.97 bits per heavy atom. The molecule has 0 fully saturated rings. The molecule has 0 aliphatic carbocycles. The van der Waals surface area contributed by atoms with Crippen molar-refractivity contribution in [2.24, 2.45) is 0 Å². The molecule has 164 valence electrons. The first-order chi connectivity index (χ1) is 14.7. The van der Waals surface area contributed by atoms with Crippen LogP contribution in [0.15, 0.2) is 51.1 Å². The zero-order valence-electron chi connectivity index (χ0n) is 16.5. The number of benzene rings is 1. The Kier molecular flexibility index (Phi) is 6.83. The van der Waals surface area contributed by atoms with Gasteiger partial charge in [0.25, 0.3) is 0 Å². The van der Waals surface area contributed by atoms with Crippen LogP contribution in [0.5, 0.6) is 0 Å². The minimum atomic E-state index is -4.22. The summed E-state index contributed by atoms with van der Waals surface area (Å²) in [4.78, 5) is 27.1. The Hall–Kier alpha value is -3.09. The van der Waals surface area contributed by atoms with Gasteiger partial charge in [-0.3, -0.25) is 9.59 Å². The molecule has 0 spiro atoms. The van der Waals surface area contributed by atoms with Crippen LogP contribution < -0.4 is 15.4 Å². The van der Waals surface area contributed by atoms with Crippen molar-refractivity contribution in [3.63, 3.8) is 0 Å². The highest BCUT2D eigenvalue weighted by molar-refractivity contribution is 7.89. The van der Waals surface area contributed by atoms with Crippen LogP contribution in [0.2, 0.25) is 0 Å². The van der Waals surface area contributed by atoms with Crippen LogP contribution >= 0.6 is 11.3 Å². The zero-order chi connectivity index (χ0) is 22.6. The average molecular weight is 467 g/mol. The van der Waals surface area contributed by atoms with Crippen LogP contribution in [-0.4, -0.2) is 31.3 Å². The fourth-order valence-corrected chi connectivity index (χ4v) is 4.48. The summed E-state index contributed by atoms with van der Waals surface area (Å²) in [7, 11) is -4.22. The summed E-state index contributed by atoms with van der Waals surface area (Å²) in [6, 6.07) is 7.09. The van der Waals surface area contributed by atoms with Crippen molar-refractivity contribution >= 4 is 38.3 Å². The van der Waals surface area contributed by atoms with E-state index >= 15 is 0 Å². The van der Waals surface area contributed by atoms with Gasteiger partial charge in [0, 0.05) is 12.3 Å². The molecule has 0 bridgehead atoms. The number of rotatable bonds is 8. The summed E-state index contributed by atoms with van der Waals surface area (Å²) >= 11 is 1.12. The number of nitrogens with one attached hydrogen (secondary N) is 3. The number of anilines is 1. The van der Waals surface area contributed by atoms with Crippen LogP contribution in [-0.2, 0) is 26.2 Å². The summed E-state index contributed by atoms with van der Waals surface area (Å²) in [6.07, 6.45) is 0. The number of hydrogen-bond acceptors (Lipinski definition) is 7. The van der Waals surface area contributed by atoms with Gasteiger partial charge in [0.05, 0.1) is 12.6 Å². The monoisotopic (exact) mass is 466 g/mol. The largest absolute Gasteiger partial charge is 0.458 e. The predicted octanol–water partition coefficient (Wildman–Crippen LogP) is 2.48. The summed E-state index contributed by atoms with van der Waals surface area (Å²) in [5.41, 5.74) is 0.467. The van der Waals surface area contributed by atoms with Crippen LogP contribution in [0.4, 0.5) is 9.52 Å². The smallest absolute Gasteiger partial charge is 0.244 e. The van der Waals surface area contributed by atoms with Crippen molar-refractivity contribution in [1.82, 2.24) is 15.0 Å². The molecule has 0 aliphatic heterocycles. The molecule has 3 aromatic rings. The van der Waals surface area contributed by atoms with Crippen molar-refractivity contribution in [2.75, 3.05) is 5.32 Å². The molecule has 0 saturated heterocycles. The fourth-order valence-electron chi connectivity index (χ4n) is 2.49. The van der Waals surface area contributed by atoms with Crippen molar-refractivity contribution in [2.45, 2.75) is 31.3 Å². The standard InChI is InChI=1S/C19H19FN4O5S2/c1-11(24-31(27,28)17-6-4-3-5-14(17)20)18(26)23-19-22-15(10-30-19)16-8-7-13(29-16)9-21-12(2)25/h3-8,10-11,24H,9H2,1-2H3,(H,21,25)(H,22,23,26)/t11-/m0/s1. The summed E-state index contributed by atoms with van der Waals surface area (Å²) in [5.74, 6) is -0.767. The van der Waals surface area contributed by atoms with Gasteiger partial charge in [0.1, 0.15) is 22.2 Å². The maximum Gasteiger partial charge on any atom is 0.244 e. The minimum absolute atomic E-state index is 0.184. The van der Waals surface area contributed by atoms with Crippen molar-refractivity contribution in [1.29, 1.82) is 0 Å². The lowest BCUT2D eigenvalue weighted by molar-refractivity contribution is -0.119. The number of thiazole rings is 1. The maximum atomic E-state index is 13.8. The number of hydrogen-bond donors (Lipinski definition) is 3. The van der Waals surface area contributed by atoms with Crippen molar-refractivity contribution in [3.05, 3.63) is 53.4 Å². The molecule has 2 aromatic heterocycles. The molecular formula is C19H19FN4O5S2. The second kappa shape index (κ2) is 9.37. The maximum absolute atomic E-state index is 13.8. The molecule has 3 rings (SSSR count). The highest BCUT2D eigenvalue weighted by Gasteiger charge is 2.25. The number of halogens is 1. The lowest BCUT2D eigenvalue weighted by atomic mass is 10.3. The molecule has 2 heterocycles. The number of carbonyl (C=O) groups excluding carboxylic acids is 2. The third-order valence-electron chi connectivity index (χ3n) is 4.01. The second-order valence-electron chi connectivity index (χ2n) is 6.48. The van der Waals surface area contributed by atoms with Gasteiger partial charge in [-0.15, -0.1) is 11.3 Å². The molecule has 1 aromatic carbocycles. The van der Waals surface area contributed by atoms with E-state index in [0.29, 0.717) is 17.2 Å². The first-order valence-electron chi connectivity index (χ1n) is 9.02. The highest BCUT2D eigenvalue weighted by Crippen LogP contribution is 2.26. The van der Waals surface area contributed by atoms with E-state index in [1.807, 2.05) is 0 Å². The Morgan fingerprint density at radius 3 is 2.68 bits per heavy atom. The first-order valence-corrected chi connectivity index (χ1v) is 11.4. The van der Waals surface area contributed by atoms with E-state index in [1.165, 1.54) is 26.0 Å². The van der Waals surface area contributed by atoms with E-state index in [-0.39, 0.29) is 17.6 Å². The van der Waals surface area contributed by atoms with Gasteiger partial charge in [-0.2, -0.15) is 4.72 Å². The third kappa shape index (κ3) is 5.75. The van der Waals surface area contributed by atoms with Crippen LogP contribution in [0.1, 0.15) is 19.6 Å². The first kappa shape index (κ1) is 22.6. The van der Waals surface area contributed by atoms with E-state index < -0.39 is 32.7 Å². The third-order valence-corrected chi connectivity index (χ3v) is 6.34. The Balaban J connectivity index is 1.63. The molecular weight excluding hydrogens is 447 g/mol. The summed E-state index contributed by atoms with van der Waals surface area (Å²) < 4.78 is 46.2. The number of furan rings is 1. The molecule has 0 saturated carbocycles. The number of sulfonamides is 1. The number of amides is 2. The van der Waals surface area contributed by atoms with Crippen LogP contribution in [0.3, 0.4) is 0 Å². The fraction of sp³-hybridized carbons (Fsp3) is 0.211. The number of carbonyl (C=O) groups is 2. The Labute approximate surface area is 181 Å². The highest BCUT2D eigenvalue weighted by atomic mass is 32.2. The van der Waals surface area contributed by atoms with Crippen molar-refractivity contribution in [3.8, 4) is 11.5 Å². The van der Waals surface area contributed by atoms with E-state index in [4.69, 9.17) is 4.42 Å². The van der Waals surface area contributed by atoms with Crippen LogP contribution in [0, 0.1) is 5.82 Å². The molecule has 2 amide bonds. The van der Waals surface area contributed by atoms with Gasteiger partial charge >= 0.3 is 0 Å². The van der Waals surface area contributed by atoms with Gasteiger partial charge in [0.2, 0.25) is 21.8 Å². The molecule has 0 unspecified atom stereocenters. The van der Waals surface area contributed by atoms with E-state index in [2.05, 4.69) is 20.3 Å². The second-order valence-corrected chi connectivity index (χ2v) is 9.02. The van der Waals surface area contributed by atoms with Gasteiger partial charge < -0.3 is 15.1 Å². The average Bonchev–Trinajstić information content (AvgIpc) is 3.35. The normalized spacial score (nSPS) is 12.4. The van der Waals surface area contributed by atoms with Crippen molar-refractivity contribution < 1.29 is 26.8 Å². The van der Waals surface area contributed by atoms with Gasteiger partial charge in [-0.05, 0) is 31.2 Å². The molecule has 0 radical (unpaired) electrons. The minimum Gasteiger partial charge on any atom is -0.458 e. The SMILES string of the molecule is CC(=O)NCc1ccc(-c2csc(NC(=O)[C@H](C)NS(=O)(=O)c3ccccc3F)n2)o1. The molecule has 12 heteroatoms. The van der Waals surface area contributed by atoms with E-state index in [0.717, 1.165) is 23.5 Å². The molecule has 0 aliphatic rings. The Bertz CT molecular complexity index is 1210. The summed E-state index contributed by atoms with van der Waals surface area (Å²) in [5, 5.41) is 7.02. The number of nitrogens with zero attached hydrogens (tertiary/aromatic N) is 1. The van der Waals surface area contributed by atoms with E-state index in [9.17, 15) is 22.4 Å². The Morgan fingerprint density at radius 1 is 1.23 bits per heavy atom. The van der Waals surface area contributed by atoms with E-state index in [1.54, 1.807) is 17.5 Å². The molecule has 9 nitrogen and oxygen atoms in total. The molecule has 3 N–H and O–H groups in total. The molecule has 1 atom stereocenters. The van der Waals surface area contributed by atoms with Gasteiger partial charge in [-0.25, -0.2) is 17.8 Å². The van der Waals surface area contributed by atoms with Gasteiger partial charge in [-0.1, -0.05) is 12.1 Å². The van der Waals surface area contributed by atoms with Crippen LogP contribution in [0.25, 0.3) is 11.5 Å². The quantitative estimate of drug-likeness (QED) is 0.468. The van der Waals surface area contributed by atoms with Gasteiger partial charge in [0.15, 0.2) is 10.9 Å². The predicted molar refractivity (Wildman–Crippen MR) is 112 cm³/mol. The molecule has 31 heavy (non-hydrogen) atoms. The topological polar surface area (TPSA) is 130 Å². The zero-order valence-corrected chi connectivity index (χ0v) is 18.1. The summed E-state index contributed by atoms with van der Waals surface area (Å²) in [6.45, 7) is 2.97. The lowest BCUT2D eigenvalue weighted by Crippen LogP contribution is -2.41. The lowest BCUT2D eigenvalue weighted by Gasteiger charge is -2.13. The number of aromatic nitrogens is 1.